The van der Waals surface area contributed by atoms with Crippen molar-refractivity contribution in [3.63, 3.8) is 0 Å². The van der Waals surface area contributed by atoms with E-state index in [4.69, 9.17) is 9.26 Å². The summed E-state index contributed by atoms with van der Waals surface area (Å²) in [5, 5.41) is 12.3. The number of hydrogen-bond donors (Lipinski definition) is 0. The number of rotatable bonds is 5. The average molecular weight is 331 g/mol. The molecule has 0 radical (unpaired) electrons. The minimum atomic E-state index is 0.128. The molecule has 0 N–H and O–H groups in total. The summed E-state index contributed by atoms with van der Waals surface area (Å²) in [4.78, 5) is 6.76. The summed E-state index contributed by atoms with van der Waals surface area (Å²) in [6, 6.07) is 3.92. The lowest BCUT2D eigenvalue weighted by Crippen LogP contribution is -2.43. The van der Waals surface area contributed by atoms with Crippen molar-refractivity contribution >= 4 is 11.3 Å². The molecule has 1 aliphatic heterocycles. The molecule has 1 atom stereocenters. The van der Waals surface area contributed by atoms with Crippen LogP contribution < -0.4 is 0 Å². The van der Waals surface area contributed by atoms with Crippen LogP contribution >= 0.6 is 11.3 Å². The largest absolute Gasteiger partial charge is 0.374 e. The van der Waals surface area contributed by atoms with Crippen LogP contribution in [0, 0.1) is 0 Å². The Kier molecular flexibility index (Phi) is 4.18. The lowest BCUT2D eigenvalue weighted by Gasteiger charge is -2.31. The van der Waals surface area contributed by atoms with E-state index in [2.05, 4.69) is 20.1 Å². The minimum absolute atomic E-state index is 0.128. The van der Waals surface area contributed by atoms with E-state index in [9.17, 15) is 0 Å². The van der Waals surface area contributed by atoms with E-state index in [0.29, 0.717) is 24.9 Å². The zero-order valence-corrected chi connectivity index (χ0v) is 13.4. The van der Waals surface area contributed by atoms with E-state index in [1.54, 1.807) is 17.5 Å². The fourth-order valence-electron chi connectivity index (χ4n) is 2.67. The van der Waals surface area contributed by atoms with Crippen LogP contribution in [0.5, 0.6) is 0 Å². The average Bonchev–Trinajstić information content (AvgIpc) is 3.30. The standard InChI is InChI=1S/C15H17N5O2S/c1-3-16-20(4-1)9-13-8-19(5-6-21-13)10-14-17-15(18-22-14)12-2-7-23-11-12/h1-4,7,11,13H,5-6,8-10H2/t13-/m0/s1. The highest BCUT2D eigenvalue weighted by atomic mass is 32.1. The lowest BCUT2D eigenvalue weighted by atomic mass is 10.2. The van der Waals surface area contributed by atoms with Crippen LogP contribution in [-0.4, -0.2) is 50.6 Å². The summed E-state index contributed by atoms with van der Waals surface area (Å²) >= 11 is 1.62. The van der Waals surface area contributed by atoms with Crippen molar-refractivity contribution in [3.8, 4) is 11.4 Å². The van der Waals surface area contributed by atoms with Crippen molar-refractivity contribution in [2.75, 3.05) is 19.7 Å². The van der Waals surface area contributed by atoms with Crippen molar-refractivity contribution in [2.24, 2.45) is 0 Å². The molecule has 0 aliphatic carbocycles. The van der Waals surface area contributed by atoms with E-state index < -0.39 is 0 Å². The van der Waals surface area contributed by atoms with Gasteiger partial charge < -0.3 is 9.26 Å². The number of ether oxygens (including phenoxy) is 1. The highest BCUT2D eigenvalue weighted by Crippen LogP contribution is 2.19. The summed E-state index contributed by atoms with van der Waals surface area (Å²) in [6.07, 6.45) is 3.86. The number of aromatic nitrogens is 4. The smallest absolute Gasteiger partial charge is 0.241 e. The predicted octanol–water partition coefficient (Wildman–Crippen LogP) is 1.90. The molecule has 3 aromatic rings. The van der Waals surface area contributed by atoms with Gasteiger partial charge in [0.2, 0.25) is 11.7 Å². The van der Waals surface area contributed by atoms with E-state index >= 15 is 0 Å². The van der Waals surface area contributed by atoms with Crippen molar-refractivity contribution in [1.29, 1.82) is 0 Å². The third kappa shape index (κ3) is 3.49. The van der Waals surface area contributed by atoms with Crippen LogP contribution in [0.1, 0.15) is 5.89 Å². The molecular formula is C15H17N5O2S. The first-order chi connectivity index (χ1) is 11.4. The van der Waals surface area contributed by atoms with Gasteiger partial charge in [-0.1, -0.05) is 5.16 Å². The molecule has 3 aromatic heterocycles. The molecule has 0 spiro atoms. The highest BCUT2D eigenvalue weighted by molar-refractivity contribution is 7.08. The van der Waals surface area contributed by atoms with E-state index in [1.807, 2.05) is 33.8 Å². The zero-order valence-electron chi connectivity index (χ0n) is 12.5. The van der Waals surface area contributed by atoms with Crippen LogP contribution in [0.15, 0.2) is 39.8 Å². The van der Waals surface area contributed by atoms with Gasteiger partial charge in [0, 0.05) is 36.4 Å². The second kappa shape index (κ2) is 6.61. The number of hydrogen-bond acceptors (Lipinski definition) is 7. The van der Waals surface area contributed by atoms with Gasteiger partial charge in [0.25, 0.3) is 0 Å². The molecule has 1 aliphatic rings. The molecule has 1 fully saturated rings. The SMILES string of the molecule is c1cnn(C[C@@H]2CN(Cc3nc(-c4ccsc4)no3)CCO2)c1. The first-order valence-corrected chi connectivity index (χ1v) is 8.47. The zero-order chi connectivity index (χ0) is 15.5. The van der Waals surface area contributed by atoms with Gasteiger partial charge in [0.1, 0.15) is 0 Å². The molecule has 0 bridgehead atoms. The Balaban J connectivity index is 1.37. The third-order valence-electron chi connectivity index (χ3n) is 3.78. The van der Waals surface area contributed by atoms with Crippen LogP contribution in [0.25, 0.3) is 11.4 Å². The summed E-state index contributed by atoms with van der Waals surface area (Å²) < 4.78 is 13.1. The molecule has 0 saturated carbocycles. The first kappa shape index (κ1) is 14.6. The van der Waals surface area contributed by atoms with Crippen molar-refractivity contribution in [2.45, 2.75) is 19.2 Å². The molecule has 7 nitrogen and oxygen atoms in total. The van der Waals surface area contributed by atoms with Gasteiger partial charge >= 0.3 is 0 Å². The Labute approximate surface area is 137 Å². The van der Waals surface area contributed by atoms with Gasteiger partial charge in [-0.2, -0.15) is 21.4 Å². The maximum absolute atomic E-state index is 5.82. The normalized spacial score (nSPS) is 19.2. The lowest BCUT2D eigenvalue weighted by molar-refractivity contribution is -0.0426. The van der Waals surface area contributed by atoms with Crippen LogP contribution in [-0.2, 0) is 17.8 Å². The molecule has 8 heteroatoms. The second-order valence-corrected chi connectivity index (χ2v) is 6.26. The van der Waals surface area contributed by atoms with Gasteiger partial charge in [-0.25, -0.2) is 0 Å². The van der Waals surface area contributed by atoms with Crippen LogP contribution in [0.2, 0.25) is 0 Å². The van der Waals surface area contributed by atoms with Crippen LogP contribution in [0.3, 0.4) is 0 Å². The summed E-state index contributed by atoms with van der Waals surface area (Å²) in [7, 11) is 0. The fraction of sp³-hybridized carbons (Fsp3) is 0.400. The summed E-state index contributed by atoms with van der Waals surface area (Å²) in [6.45, 7) is 3.81. The van der Waals surface area contributed by atoms with Gasteiger partial charge in [0.15, 0.2) is 0 Å². The van der Waals surface area contributed by atoms with Crippen molar-refractivity contribution < 1.29 is 9.26 Å². The number of thiophene rings is 1. The quantitative estimate of drug-likeness (QED) is 0.711. The topological polar surface area (TPSA) is 69.2 Å². The fourth-order valence-corrected chi connectivity index (χ4v) is 3.31. The van der Waals surface area contributed by atoms with Gasteiger partial charge in [0.05, 0.1) is 25.8 Å². The Morgan fingerprint density at radius 2 is 2.39 bits per heavy atom. The summed E-state index contributed by atoms with van der Waals surface area (Å²) in [5.41, 5.74) is 1.00. The molecule has 0 amide bonds. The first-order valence-electron chi connectivity index (χ1n) is 7.53. The molecule has 120 valence electrons. The monoisotopic (exact) mass is 331 g/mol. The van der Waals surface area contributed by atoms with E-state index in [0.717, 1.165) is 25.2 Å². The summed E-state index contributed by atoms with van der Waals surface area (Å²) in [5.74, 6) is 1.30. The van der Waals surface area contributed by atoms with E-state index in [1.165, 1.54) is 0 Å². The Hall–Kier alpha value is -2.03. The van der Waals surface area contributed by atoms with Gasteiger partial charge in [-0.15, -0.1) is 0 Å². The molecule has 1 saturated heterocycles. The molecule has 4 heterocycles. The molecular weight excluding hydrogens is 314 g/mol. The Morgan fingerprint density at radius 1 is 1.39 bits per heavy atom. The molecule has 0 unspecified atom stereocenters. The highest BCUT2D eigenvalue weighted by Gasteiger charge is 2.23. The minimum Gasteiger partial charge on any atom is -0.374 e. The number of morpholine rings is 1. The molecule has 23 heavy (non-hydrogen) atoms. The predicted molar refractivity (Wildman–Crippen MR) is 84.9 cm³/mol. The molecule has 0 aromatic carbocycles. The Bertz CT molecular complexity index is 725. The van der Waals surface area contributed by atoms with E-state index in [-0.39, 0.29) is 6.10 Å². The van der Waals surface area contributed by atoms with Gasteiger partial charge in [-0.3, -0.25) is 9.58 Å². The van der Waals surface area contributed by atoms with Crippen molar-refractivity contribution in [1.82, 2.24) is 24.8 Å². The van der Waals surface area contributed by atoms with Crippen molar-refractivity contribution in [3.05, 3.63) is 41.2 Å². The Morgan fingerprint density at radius 3 is 3.22 bits per heavy atom. The third-order valence-corrected chi connectivity index (χ3v) is 4.46. The van der Waals surface area contributed by atoms with Crippen LogP contribution in [0.4, 0.5) is 0 Å². The molecule has 4 rings (SSSR count). The number of nitrogens with zero attached hydrogens (tertiary/aromatic N) is 5. The van der Waals surface area contributed by atoms with Gasteiger partial charge in [-0.05, 0) is 17.5 Å². The second-order valence-electron chi connectivity index (χ2n) is 5.48. The maximum Gasteiger partial charge on any atom is 0.241 e. The maximum atomic E-state index is 5.82.